The average Bonchev–Trinajstić information content (AvgIpc) is 2.63. The molecule has 0 atom stereocenters. The molecule has 0 saturated carbocycles. The predicted octanol–water partition coefficient (Wildman–Crippen LogP) is 0.989. The minimum Gasteiger partial charge on any atom is -0.379 e. The smallest absolute Gasteiger partial charge is 0.317 e. The van der Waals surface area contributed by atoms with Crippen molar-refractivity contribution in [3.63, 3.8) is 0 Å². The minimum atomic E-state index is -0.225. The third-order valence-electron chi connectivity index (χ3n) is 4.57. The van der Waals surface area contributed by atoms with Gasteiger partial charge in [-0.3, -0.25) is 4.90 Å². The van der Waals surface area contributed by atoms with Gasteiger partial charge in [-0.2, -0.15) is 0 Å². The Hall–Kier alpha value is -1.86. The number of hydrogen-bond acceptors (Lipinski definition) is 4. The summed E-state index contributed by atoms with van der Waals surface area (Å²) >= 11 is 0. The van der Waals surface area contributed by atoms with Crippen LogP contribution >= 0.6 is 0 Å². The van der Waals surface area contributed by atoms with Crippen molar-refractivity contribution >= 4 is 11.7 Å². The summed E-state index contributed by atoms with van der Waals surface area (Å²) < 4.78 is 18.3. The Morgan fingerprint density at radius 3 is 2.38 bits per heavy atom. The predicted molar refractivity (Wildman–Crippen MR) is 90.8 cm³/mol. The molecular weight excluding hydrogens is 311 g/mol. The second-order valence-corrected chi connectivity index (χ2v) is 6.14. The molecule has 2 fully saturated rings. The minimum absolute atomic E-state index is 0.00187. The lowest BCUT2D eigenvalue weighted by molar-refractivity contribution is 0.0386. The van der Waals surface area contributed by atoms with Crippen LogP contribution in [0.3, 0.4) is 0 Å². The Bertz CT molecular complexity index is 526. The van der Waals surface area contributed by atoms with Crippen LogP contribution in [0.15, 0.2) is 24.3 Å². The number of amides is 2. The highest BCUT2D eigenvalue weighted by Gasteiger charge is 2.21. The van der Waals surface area contributed by atoms with Crippen LogP contribution in [0.25, 0.3) is 0 Å². The highest BCUT2D eigenvalue weighted by atomic mass is 19.1. The van der Waals surface area contributed by atoms with Crippen molar-refractivity contribution in [3.05, 3.63) is 30.1 Å². The number of halogens is 1. The SMILES string of the molecule is O=C(NCCN1CCOCC1)N1CCN(c2ccc(F)cc2)CC1. The van der Waals surface area contributed by atoms with Crippen molar-refractivity contribution < 1.29 is 13.9 Å². The lowest BCUT2D eigenvalue weighted by Crippen LogP contribution is -2.52. The van der Waals surface area contributed by atoms with E-state index in [0.29, 0.717) is 19.6 Å². The monoisotopic (exact) mass is 336 g/mol. The standard InChI is InChI=1S/C17H25FN4O2/c18-15-1-3-16(4-2-15)21-7-9-22(10-8-21)17(23)19-5-6-20-11-13-24-14-12-20/h1-4H,5-14H2,(H,19,23). The first-order valence-electron chi connectivity index (χ1n) is 8.56. The third-order valence-corrected chi connectivity index (χ3v) is 4.57. The van der Waals surface area contributed by atoms with E-state index in [1.54, 1.807) is 12.1 Å². The van der Waals surface area contributed by atoms with Crippen LogP contribution < -0.4 is 10.2 Å². The number of rotatable bonds is 4. The molecule has 6 nitrogen and oxygen atoms in total. The second kappa shape index (κ2) is 8.30. The molecule has 24 heavy (non-hydrogen) atoms. The number of urea groups is 1. The molecule has 2 amide bonds. The van der Waals surface area contributed by atoms with Gasteiger partial charge in [0.15, 0.2) is 0 Å². The van der Waals surface area contributed by atoms with E-state index >= 15 is 0 Å². The molecule has 2 aliphatic rings. The first-order chi connectivity index (χ1) is 11.7. The van der Waals surface area contributed by atoms with Crippen molar-refractivity contribution in [2.75, 3.05) is 70.5 Å². The van der Waals surface area contributed by atoms with Crippen LogP contribution in [0.2, 0.25) is 0 Å². The van der Waals surface area contributed by atoms with Crippen molar-refractivity contribution in [3.8, 4) is 0 Å². The van der Waals surface area contributed by atoms with E-state index in [1.165, 1.54) is 12.1 Å². The first-order valence-corrected chi connectivity index (χ1v) is 8.56. The average molecular weight is 336 g/mol. The summed E-state index contributed by atoms with van der Waals surface area (Å²) in [6.45, 7) is 7.85. The van der Waals surface area contributed by atoms with Crippen molar-refractivity contribution in [1.29, 1.82) is 0 Å². The molecule has 0 aliphatic carbocycles. The van der Waals surface area contributed by atoms with E-state index in [2.05, 4.69) is 15.1 Å². The van der Waals surface area contributed by atoms with Gasteiger partial charge in [-0.15, -0.1) is 0 Å². The zero-order chi connectivity index (χ0) is 16.8. The maximum absolute atomic E-state index is 13.0. The number of anilines is 1. The molecule has 0 aromatic heterocycles. The topological polar surface area (TPSA) is 48.1 Å². The fraction of sp³-hybridized carbons (Fsp3) is 0.588. The summed E-state index contributed by atoms with van der Waals surface area (Å²) in [5.41, 5.74) is 1.00. The van der Waals surface area contributed by atoms with E-state index in [4.69, 9.17) is 4.74 Å². The van der Waals surface area contributed by atoms with Gasteiger partial charge in [0.1, 0.15) is 5.82 Å². The quantitative estimate of drug-likeness (QED) is 0.891. The summed E-state index contributed by atoms with van der Waals surface area (Å²) in [7, 11) is 0. The van der Waals surface area contributed by atoms with Gasteiger partial charge in [0.05, 0.1) is 13.2 Å². The van der Waals surface area contributed by atoms with Gasteiger partial charge in [-0.1, -0.05) is 0 Å². The number of ether oxygens (including phenoxy) is 1. The second-order valence-electron chi connectivity index (χ2n) is 6.14. The van der Waals surface area contributed by atoms with Crippen LogP contribution in [-0.4, -0.2) is 81.4 Å². The number of piperazine rings is 1. The molecule has 0 unspecified atom stereocenters. The zero-order valence-electron chi connectivity index (χ0n) is 13.9. The van der Waals surface area contributed by atoms with Gasteiger partial charge in [-0.25, -0.2) is 9.18 Å². The molecule has 1 aromatic rings. The summed E-state index contributed by atoms with van der Waals surface area (Å²) in [5, 5.41) is 3.00. The number of benzene rings is 1. The molecule has 7 heteroatoms. The summed E-state index contributed by atoms with van der Waals surface area (Å²) in [4.78, 5) is 18.6. The first kappa shape index (κ1) is 17.0. The molecule has 1 aromatic carbocycles. The van der Waals surface area contributed by atoms with E-state index in [1.807, 2.05) is 4.90 Å². The molecule has 2 heterocycles. The van der Waals surface area contributed by atoms with Crippen LogP contribution in [-0.2, 0) is 4.74 Å². The highest BCUT2D eigenvalue weighted by Crippen LogP contribution is 2.16. The van der Waals surface area contributed by atoms with Crippen LogP contribution in [0, 0.1) is 5.82 Å². The molecule has 1 N–H and O–H groups in total. The van der Waals surface area contributed by atoms with E-state index in [-0.39, 0.29) is 11.8 Å². The molecule has 0 spiro atoms. The van der Waals surface area contributed by atoms with Gasteiger partial charge in [0.25, 0.3) is 0 Å². The molecular formula is C17H25FN4O2. The van der Waals surface area contributed by atoms with Gasteiger partial charge < -0.3 is 19.9 Å². The highest BCUT2D eigenvalue weighted by molar-refractivity contribution is 5.74. The largest absolute Gasteiger partial charge is 0.379 e. The van der Waals surface area contributed by atoms with Crippen molar-refractivity contribution in [1.82, 2.24) is 15.1 Å². The summed E-state index contributed by atoms with van der Waals surface area (Å²) in [6, 6.07) is 6.52. The molecule has 3 rings (SSSR count). The van der Waals surface area contributed by atoms with Crippen LogP contribution in [0.4, 0.5) is 14.9 Å². The molecule has 2 aliphatic heterocycles. The van der Waals surface area contributed by atoms with E-state index in [9.17, 15) is 9.18 Å². The van der Waals surface area contributed by atoms with Crippen molar-refractivity contribution in [2.24, 2.45) is 0 Å². The molecule has 0 bridgehead atoms. The number of nitrogens with one attached hydrogen (secondary N) is 1. The Morgan fingerprint density at radius 2 is 1.71 bits per heavy atom. The number of hydrogen-bond donors (Lipinski definition) is 1. The Balaban J connectivity index is 1.37. The lowest BCUT2D eigenvalue weighted by Gasteiger charge is -2.36. The number of carbonyl (C=O) groups is 1. The van der Waals surface area contributed by atoms with E-state index < -0.39 is 0 Å². The zero-order valence-corrected chi connectivity index (χ0v) is 13.9. The normalized spacial score (nSPS) is 19.4. The maximum atomic E-state index is 13.0. The van der Waals surface area contributed by atoms with Gasteiger partial charge in [-0.05, 0) is 24.3 Å². The fourth-order valence-electron chi connectivity index (χ4n) is 3.08. The van der Waals surface area contributed by atoms with Gasteiger partial charge >= 0.3 is 6.03 Å². The Labute approximate surface area is 142 Å². The lowest BCUT2D eigenvalue weighted by atomic mass is 10.2. The number of morpholine rings is 1. The van der Waals surface area contributed by atoms with Crippen LogP contribution in [0.5, 0.6) is 0 Å². The van der Waals surface area contributed by atoms with Gasteiger partial charge in [0, 0.05) is 58.0 Å². The number of carbonyl (C=O) groups excluding carboxylic acids is 1. The maximum Gasteiger partial charge on any atom is 0.317 e. The fourth-order valence-corrected chi connectivity index (χ4v) is 3.08. The molecule has 0 radical (unpaired) electrons. The third kappa shape index (κ3) is 4.58. The molecule has 132 valence electrons. The van der Waals surface area contributed by atoms with Crippen molar-refractivity contribution in [2.45, 2.75) is 0 Å². The summed E-state index contributed by atoms with van der Waals surface area (Å²) in [5.74, 6) is -0.225. The Kier molecular flexibility index (Phi) is 5.87. The molecule has 2 saturated heterocycles. The summed E-state index contributed by atoms with van der Waals surface area (Å²) in [6.07, 6.45) is 0. The van der Waals surface area contributed by atoms with Crippen LogP contribution in [0.1, 0.15) is 0 Å². The van der Waals surface area contributed by atoms with Gasteiger partial charge in [0.2, 0.25) is 0 Å². The Morgan fingerprint density at radius 1 is 1.04 bits per heavy atom. The number of nitrogens with zero attached hydrogens (tertiary/aromatic N) is 3. The van der Waals surface area contributed by atoms with E-state index in [0.717, 1.165) is 51.6 Å².